The van der Waals surface area contributed by atoms with E-state index in [0.29, 0.717) is 41.6 Å². The summed E-state index contributed by atoms with van der Waals surface area (Å²) in [6.45, 7) is 6.93. The number of nitrogens with zero attached hydrogens (tertiary/aromatic N) is 2. The van der Waals surface area contributed by atoms with Crippen LogP contribution in [0.15, 0.2) is 60.7 Å². The Hall–Kier alpha value is -4.26. The molecule has 0 fully saturated rings. The van der Waals surface area contributed by atoms with Gasteiger partial charge >= 0.3 is 0 Å². The fourth-order valence-corrected chi connectivity index (χ4v) is 5.17. The van der Waals surface area contributed by atoms with Crippen molar-refractivity contribution in [2.24, 2.45) is 0 Å². The van der Waals surface area contributed by atoms with Crippen LogP contribution >= 0.6 is 0 Å². The maximum atomic E-state index is 13.5. The van der Waals surface area contributed by atoms with Crippen molar-refractivity contribution in [2.45, 2.75) is 39.8 Å². The zero-order valence-corrected chi connectivity index (χ0v) is 21.5. The van der Waals surface area contributed by atoms with Crippen molar-refractivity contribution < 1.29 is 19.4 Å². The van der Waals surface area contributed by atoms with E-state index in [4.69, 9.17) is 9.47 Å². The number of phenolic OH excluding ortho intramolecular Hbond substituents is 1. The molecule has 1 aliphatic heterocycles. The summed E-state index contributed by atoms with van der Waals surface area (Å²) in [6, 6.07) is 19.1. The van der Waals surface area contributed by atoms with Gasteiger partial charge in [0.2, 0.25) is 0 Å². The number of aromatic nitrogens is 2. The van der Waals surface area contributed by atoms with Crippen LogP contribution in [0.1, 0.15) is 57.7 Å². The number of hydrogen-bond acceptors (Lipinski definition) is 5. The lowest BCUT2D eigenvalue weighted by molar-refractivity contribution is 0.0743. The molecule has 1 aromatic heterocycles. The molecule has 1 atom stereocenters. The molecule has 0 radical (unpaired) electrons. The SMILES string of the molecule is CCCN1C(=O)c2[nH]nc(-c3c(C)cc(C)cc3O)c2C1c1ccc(OCc2ccccc2)c(OC)c1. The second-order valence-corrected chi connectivity index (χ2v) is 9.42. The summed E-state index contributed by atoms with van der Waals surface area (Å²) < 4.78 is 11.8. The lowest BCUT2D eigenvalue weighted by Crippen LogP contribution is -2.30. The molecule has 0 saturated heterocycles. The van der Waals surface area contributed by atoms with E-state index in [9.17, 15) is 9.90 Å². The highest BCUT2D eigenvalue weighted by molar-refractivity contribution is 6.00. The van der Waals surface area contributed by atoms with Crippen LogP contribution in [0.4, 0.5) is 0 Å². The molecule has 37 heavy (non-hydrogen) atoms. The van der Waals surface area contributed by atoms with Crippen molar-refractivity contribution in [3.63, 3.8) is 0 Å². The lowest BCUT2D eigenvalue weighted by atomic mass is 9.93. The molecule has 2 heterocycles. The number of methoxy groups -OCH3 is 1. The number of carbonyl (C=O) groups is 1. The van der Waals surface area contributed by atoms with E-state index in [1.54, 1.807) is 13.2 Å². The molecule has 0 spiro atoms. The van der Waals surface area contributed by atoms with Crippen molar-refractivity contribution in [1.29, 1.82) is 0 Å². The Bertz CT molecular complexity index is 1420. The fraction of sp³-hybridized carbons (Fsp3) is 0.267. The first-order chi connectivity index (χ1) is 17.9. The molecule has 190 valence electrons. The molecule has 2 N–H and O–H groups in total. The second kappa shape index (κ2) is 10.0. The number of aryl methyl sites for hydroxylation is 2. The van der Waals surface area contributed by atoms with Crippen molar-refractivity contribution in [3.05, 3.63) is 94.2 Å². The number of phenols is 1. The number of aromatic amines is 1. The van der Waals surface area contributed by atoms with Gasteiger partial charge in [-0.25, -0.2) is 0 Å². The Kier molecular flexibility index (Phi) is 6.61. The monoisotopic (exact) mass is 497 g/mol. The summed E-state index contributed by atoms with van der Waals surface area (Å²) in [5.41, 5.74) is 6.24. The molecule has 0 aliphatic carbocycles. The van der Waals surface area contributed by atoms with Crippen LogP contribution in [0, 0.1) is 13.8 Å². The van der Waals surface area contributed by atoms with E-state index in [-0.39, 0.29) is 17.7 Å². The minimum Gasteiger partial charge on any atom is -0.507 e. The third kappa shape index (κ3) is 4.42. The van der Waals surface area contributed by atoms with Gasteiger partial charge in [0.1, 0.15) is 23.7 Å². The summed E-state index contributed by atoms with van der Waals surface area (Å²) in [6.07, 6.45) is 0.805. The van der Waals surface area contributed by atoms with Crippen LogP contribution in [0.25, 0.3) is 11.3 Å². The summed E-state index contributed by atoms with van der Waals surface area (Å²) in [4.78, 5) is 15.3. The molecular formula is C30H31N3O4. The topological polar surface area (TPSA) is 87.7 Å². The van der Waals surface area contributed by atoms with Crippen LogP contribution in [0.2, 0.25) is 0 Å². The van der Waals surface area contributed by atoms with Crippen molar-refractivity contribution >= 4 is 5.91 Å². The molecule has 7 nitrogen and oxygen atoms in total. The number of H-pyrrole nitrogens is 1. The molecule has 0 bridgehead atoms. The van der Waals surface area contributed by atoms with Gasteiger partial charge in [0, 0.05) is 17.7 Å². The number of benzene rings is 3. The summed E-state index contributed by atoms with van der Waals surface area (Å²) in [7, 11) is 1.61. The van der Waals surface area contributed by atoms with Gasteiger partial charge < -0.3 is 19.5 Å². The Morgan fingerprint density at radius 3 is 2.54 bits per heavy atom. The van der Waals surface area contributed by atoms with Gasteiger partial charge in [-0.15, -0.1) is 0 Å². The van der Waals surface area contributed by atoms with Crippen LogP contribution in [-0.2, 0) is 6.61 Å². The molecule has 3 aromatic carbocycles. The predicted molar refractivity (Wildman–Crippen MR) is 142 cm³/mol. The number of carbonyl (C=O) groups excluding carboxylic acids is 1. The van der Waals surface area contributed by atoms with Crippen molar-refractivity contribution in [2.75, 3.05) is 13.7 Å². The lowest BCUT2D eigenvalue weighted by Gasteiger charge is -2.27. The average molecular weight is 498 g/mol. The van der Waals surface area contributed by atoms with Gasteiger partial charge in [-0.3, -0.25) is 9.89 Å². The molecule has 4 aromatic rings. The Balaban J connectivity index is 1.58. The number of amides is 1. The number of ether oxygens (including phenoxy) is 2. The van der Waals surface area contributed by atoms with Crippen LogP contribution in [0.3, 0.4) is 0 Å². The van der Waals surface area contributed by atoms with Gasteiger partial charge in [0.05, 0.1) is 13.2 Å². The van der Waals surface area contributed by atoms with E-state index in [0.717, 1.165) is 34.2 Å². The number of rotatable bonds is 8. The Labute approximate surface area is 216 Å². The first kappa shape index (κ1) is 24.4. The first-order valence-corrected chi connectivity index (χ1v) is 12.5. The van der Waals surface area contributed by atoms with Crippen LogP contribution in [-0.4, -0.2) is 39.8 Å². The smallest absolute Gasteiger partial charge is 0.273 e. The second-order valence-electron chi connectivity index (χ2n) is 9.42. The zero-order valence-electron chi connectivity index (χ0n) is 21.5. The van der Waals surface area contributed by atoms with E-state index >= 15 is 0 Å². The maximum absolute atomic E-state index is 13.5. The normalized spacial score (nSPS) is 14.6. The number of hydrogen-bond donors (Lipinski definition) is 2. The molecule has 7 heteroatoms. The maximum Gasteiger partial charge on any atom is 0.273 e. The Morgan fingerprint density at radius 2 is 1.84 bits per heavy atom. The minimum atomic E-state index is -0.381. The third-order valence-corrected chi connectivity index (χ3v) is 6.76. The van der Waals surface area contributed by atoms with Crippen molar-refractivity contribution in [3.8, 4) is 28.5 Å². The number of fused-ring (bicyclic) bond motifs is 1. The quantitative estimate of drug-likeness (QED) is 0.314. The fourth-order valence-electron chi connectivity index (χ4n) is 5.17. The van der Waals surface area contributed by atoms with Crippen LogP contribution in [0.5, 0.6) is 17.2 Å². The third-order valence-electron chi connectivity index (χ3n) is 6.76. The predicted octanol–water partition coefficient (Wildman–Crippen LogP) is 5.94. The van der Waals surface area contributed by atoms with Crippen LogP contribution < -0.4 is 9.47 Å². The van der Waals surface area contributed by atoms with E-state index < -0.39 is 0 Å². The summed E-state index contributed by atoms with van der Waals surface area (Å²) >= 11 is 0. The van der Waals surface area contributed by atoms with Gasteiger partial charge in [-0.1, -0.05) is 49.4 Å². The molecule has 0 saturated carbocycles. The van der Waals surface area contributed by atoms with E-state index in [1.165, 1.54) is 0 Å². The summed E-state index contributed by atoms with van der Waals surface area (Å²) in [5, 5.41) is 18.3. The highest BCUT2D eigenvalue weighted by Crippen LogP contribution is 2.46. The molecule has 1 unspecified atom stereocenters. The standard InChI is InChI=1S/C30H31N3O4/c1-5-13-33-29(21-11-12-23(24(16-21)36-4)37-17-20-9-7-6-8-10-20)26-27(31-32-28(26)30(33)35)25-19(3)14-18(2)15-22(25)34/h6-12,14-16,29,34H,5,13,17H2,1-4H3,(H,31,32). The van der Waals surface area contributed by atoms with Gasteiger partial charge in [-0.05, 0) is 60.7 Å². The molecule has 1 aliphatic rings. The number of nitrogens with one attached hydrogen (secondary N) is 1. The first-order valence-electron chi connectivity index (χ1n) is 12.5. The Morgan fingerprint density at radius 1 is 1.05 bits per heavy atom. The average Bonchev–Trinajstić information content (AvgIpc) is 3.42. The summed E-state index contributed by atoms with van der Waals surface area (Å²) in [5.74, 6) is 1.26. The highest BCUT2D eigenvalue weighted by atomic mass is 16.5. The largest absolute Gasteiger partial charge is 0.507 e. The van der Waals surface area contributed by atoms with E-state index in [1.807, 2.05) is 80.3 Å². The molecular weight excluding hydrogens is 466 g/mol. The zero-order chi connectivity index (χ0) is 26.1. The van der Waals surface area contributed by atoms with E-state index in [2.05, 4.69) is 10.2 Å². The molecule has 1 amide bonds. The number of aromatic hydroxyl groups is 1. The minimum absolute atomic E-state index is 0.103. The van der Waals surface area contributed by atoms with Gasteiger partial charge in [-0.2, -0.15) is 5.10 Å². The van der Waals surface area contributed by atoms with Gasteiger partial charge in [0.25, 0.3) is 5.91 Å². The van der Waals surface area contributed by atoms with Crippen molar-refractivity contribution in [1.82, 2.24) is 15.1 Å². The van der Waals surface area contributed by atoms with Gasteiger partial charge in [0.15, 0.2) is 11.5 Å². The molecule has 5 rings (SSSR count). The highest BCUT2D eigenvalue weighted by Gasteiger charge is 2.42.